The smallest absolute Gasteiger partial charge is 0.550 e. The lowest BCUT2D eigenvalue weighted by molar-refractivity contribution is -0.147. The molecule has 6 atom stereocenters. The molecule has 0 saturated carbocycles. The van der Waals surface area contributed by atoms with Crippen LogP contribution in [0.4, 0.5) is 0 Å². The first kappa shape index (κ1) is 30.5. The lowest BCUT2D eigenvalue weighted by atomic mass is 10.5. The summed E-state index contributed by atoms with van der Waals surface area (Å²) in [6.07, 6.45) is -0.757. The third-order valence-electron chi connectivity index (χ3n) is 4.84. The molecule has 31 heavy (non-hydrogen) atoms. The molecule has 0 fully saturated rings. The van der Waals surface area contributed by atoms with Gasteiger partial charge in [0, 0.05) is 18.5 Å². The van der Waals surface area contributed by atoms with Crippen LogP contribution in [-0.4, -0.2) is 83.2 Å². The summed E-state index contributed by atoms with van der Waals surface area (Å²) >= 11 is -4.07. The second-order valence-electron chi connectivity index (χ2n) is 6.84. The molecule has 0 aliphatic carbocycles. The lowest BCUT2D eigenvalue weighted by Crippen LogP contribution is -2.41. The number of carbonyl (C=O) groups is 3. The van der Waals surface area contributed by atoms with Crippen LogP contribution in [0.5, 0.6) is 0 Å². The Hall–Kier alpha value is -0.488. The van der Waals surface area contributed by atoms with Gasteiger partial charge in [-0.25, -0.2) is 0 Å². The predicted molar refractivity (Wildman–Crippen MR) is 114 cm³/mol. The van der Waals surface area contributed by atoms with E-state index in [1.807, 2.05) is 0 Å². The SMILES string of the molecule is CCP(=O)(O)C(C)C(=O)[O][Al]([O]C(=O)C(C)P(=O)(O)CC)[O]C(=O)C(C)P(=O)(O)CC. The van der Waals surface area contributed by atoms with Gasteiger partial charge >= 0.3 is 15.1 Å². The van der Waals surface area contributed by atoms with E-state index in [1.165, 1.54) is 20.8 Å². The Morgan fingerprint density at radius 3 is 1.00 bits per heavy atom. The highest BCUT2D eigenvalue weighted by Crippen LogP contribution is 2.48. The van der Waals surface area contributed by atoms with Gasteiger partial charge in [0.05, 0.1) is 0 Å². The van der Waals surface area contributed by atoms with Crippen molar-refractivity contribution in [3.8, 4) is 0 Å². The minimum absolute atomic E-state index is 0.252. The Kier molecular flexibility index (Phi) is 11.9. The largest absolute Gasteiger partial charge is 1.20 e. The maximum absolute atomic E-state index is 12.3. The second-order valence-corrected chi connectivity index (χ2v) is 16.9. The molecule has 0 rings (SSSR count). The monoisotopic (exact) mass is 522 g/mol. The molecule has 16 heteroatoms. The first-order chi connectivity index (χ1) is 14.0. The molecule has 0 aromatic rings. The van der Waals surface area contributed by atoms with Crippen LogP contribution in [0.1, 0.15) is 41.5 Å². The van der Waals surface area contributed by atoms with Crippen LogP contribution in [0.25, 0.3) is 0 Å². The average Bonchev–Trinajstić information content (AvgIpc) is 2.71. The maximum atomic E-state index is 12.3. The molecule has 6 unspecified atom stereocenters. The van der Waals surface area contributed by atoms with Crippen molar-refractivity contribution in [2.75, 3.05) is 18.5 Å². The van der Waals surface area contributed by atoms with Crippen molar-refractivity contribution in [2.45, 2.75) is 58.5 Å². The van der Waals surface area contributed by atoms with E-state index < -0.39 is 72.1 Å². The zero-order valence-electron chi connectivity index (χ0n) is 18.3. The summed E-state index contributed by atoms with van der Waals surface area (Å²) in [6.45, 7) is 7.42. The summed E-state index contributed by atoms with van der Waals surface area (Å²) in [4.78, 5) is 66.2. The molecule has 3 N–H and O–H groups in total. The van der Waals surface area contributed by atoms with Crippen LogP contribution in [0.2, 0.25) is 0 Å². The van der Waals surface area contributed by atoms with E-state index in [1.54, 1.807) is 0 Å². The summed E-state index contributed by atoms with van der Waals surface area (Å²) in [7, 11) is -11.8. The quantitative estimate of drug-likeness (QED) is 0.248. The van der Waals surface area contributed by atoms with Crippen molar-refractivity contribution < 1.29 is 54.1 Å². The maximum Gasteiger partial charge on any atom is 1.20 e. The van der Waals surface area contributed by atoms with Gasteiger partial charge in [0.2, 0.25) is 22.1 Å². The Morgan fingerprint density at radius 2 is 0.839 bits per heavy atom. The summed E-state index contributed by atoms with van der Waals surface area (Å²) in [6, 6.07) is 0. The number of hydrogen-bond acceptors (Lipinski definition) is 9. The summed E-state index contributed by atoms with van der Waals surface area (Å²) in [5.41, 5.74) is -4.59. The van der Waals surface area contributed by atoms with E-state index in [2.05, 4.69) is 0 Å². The van der Waals surface area contributed by atoms with Gasteiger partial charge in [0.15, 0.2) is 0 Å². The van der Waals surface area contributed by atoms with Gasteiger partial charge in [-0.1, -0.05) is 20.8 Å². The first-order valence-corrected chi connectivity index (χ1v) is 16.7. The molecule has 0 amide bonds. The zero-order valence-corrected chi connectivity index (χ0v) is 22.1. The molecule has 0 heterocycles. The van der Waals surface area contributed by atoms with E-state index in [-0.39, 0.29) is 18.5 Å². The second kappa shape index (κ2) is 12.1. The van der Waals surface area contributed by atoms with Gasteiger partial charge in [0.25, 0.3) is 17.9 Å². The van der Waals surface area contributed by atoms with Crippen LogP contribution >= 0.6 is 22.1 Å². The number of hydrogen-bond donors (Lipinski definition) is 3. The lowest BCUT2D eigenvalue weighted by Gasteiger charge is -2.23. The fraction of sp³-hybridized carbons (Fsp3) is 0.800. The molecule has 12 nitrogen and oxygen atoms in total. The van der Waals surface area contributed by atoms with E-state index >= 15 is 0 Å². The topological polar surface area (TPSA) is 191 Å². The molecule has 0 aliphatic rings. The summed E-state index contributed by atoms with van der Waals surface area (Å²) in [5.74, 6) is -3.85. The molecule has 0 radical (unpaired) electrons. The third-order valence-corrected chi connectivity index (χ3v) is 13.1. The predicted octanol–water partition coefficient (Wildman–Crippen LogP) is 1.64. The molecule has 0 aliphatic heterocycles. The molecule has 180 valence electrons. The van der Waals surface area contributed by atoms with Gasteiger partial charge in [0.1, 0.15) is 17.0 Å². The van der Waals surface area contributed by atoms with Crippen molar-refractivity contribution in [2.24, 2.45) is 0 Å². The Bertz CT molecular complexity index is 710. The van der Waals surface area contributed by atoms with E-state index in [4.69, 9.17) is 11.4 Å². The molecular formula is C15H30AlO12P3. The standard InChI is InChI=1S/3C5H11O4P.Al/c3*1-3-10(8,9)4(2)5(6)7;/h3*4H,3H2,1-2H3,(H,6,7)(H,8,9);/q;;;+3/p-3. The van der Waals surface area contributed by atoms with Crippen LogP contribution in [0.3, 0.4) is 0 Å². The van der Waals surface area contributed by atoms with E-state index in [0.29, 0.717) is 0 Å². The van der Waals surface area contributed by atoms with Crippen molar-refractivity contribution >= 4 is 55.2 Å². The number of rotatable bonds is 12. The van der Waals surface area contributed by atoms with E-state index in [9.17, 15) is 42.8 Å². The highest BCUT2D eigenvalue weighted by Gasteiger charge is 2.54. The normalized spacial score (nSPS) is 20.0. The number of carbonyl (C=O) groups excluding carboxylic acids is 3. The van der Waals surface area contributed by atoms with Crippen LogP contribution in [-0.2, 0) is 39.4 Å². The molecule has 0 bridgehead atoms. The highest BCUT2D eigenvalue weighted by molar-refractivity contribution is 7.60. The summed E-state index contributed by atoms with van der Waals surface area (Å²) in [5, 5.41) is 0. The van der Waals surface area contributed by atoms with Crippen molar-refractivity contribution in [3.63, 3.8) is 0 Å². The Labute approximate surface area is 186 Å². The molecule has 0 saturated heterocycles. The average molecular weight is 522 g/mol. The first-order valence-electron chi connectivity index (χ1n) is 9.52. The van der Waals surface area contributed by atoms with Crippen LogP contribution in [0, 0.1) is 0 Å². The van der Waals surface area contributed by atoms with Gasteiger partial charge in [-0.3, -0.25) is 28.1 Å². The fourth-order valence-corrected chi connectivity index (χ4v) is 6.45. The molecular weight excluding hydrogens is 492 g/mol. The van der Waals surface area contributed by atoms with Crippen LogP contribution < -0.4 is 0 Å². The van der Waals surface area contributed by atoms with Crippen molar-refractivity contribution in [1.29, 1.82) is 0 Å². The highest BCUT2D eigenvalue weighted by atomic mass is 31.2. The van der Waals surface area contributed by atoms with Crippen molar-refractivity contribution in [3.05, 3.63) is 0 Å². The van der Waals surface area contributed by atoms with Crippen molar-refractivity contribution in [1.82, 2.24) is 0 Å². The van der Waals surface area contributed by atoms with Gasteiger partial charge in [-0.2, -0.15) is 0 Å². The van der Waals surface area contributed by atoms with Gasteiger partial charge < -0.3 is 26.0 Å². The minimum atomic E-state index is -4.07. The Morgan fingerprint density at radius 1 is 0.645 bits per heavy atom. The zero-order chi connectivity index (χ0) is 24.8. The third kappa shape index (κ3) is 8.76. The van der Waals surface area contributed by atoms with Crippen LogP contribution in [0.15, 0.2) is 0 Å². The minimum Gasteiger partial charge on any atom is -0.550 e. The fourth-order valence-electron chi connectivity index (χ4n) is 1.97. The Balaban J connectivity index is 5.72. The molecule has 0 aromatic carbocycles. The van der Waals surface area contributed by atoms with Gasteiger partial charge in [-0.05, 0) is 20.8 Å². The molecule has 0 aromatic heterocycles. The molecule has 0 spiro atoms. The summed E-state index contributed by atoms with van der Waals surface area (Å²) < 4.78 is 50.7. The van der Waals surface area contributed by atoms with E-state index in [0.717, 1.165) is 20.8 Å². The van der Waals surface area contributed by atoms with Gasteiger partial charge in [-0.15, -0.1) is 0 Å².